The molecule has 146 valence electrons. The number of aryl methyl sites for hydroxylation is 2. The predicted octanol–water partition coefficient (Wildman–Crippen LogP) is 5.29. The number of hydrogen-bond acceptors (Lipinski definition) is 3. The quantitative estimate of drug-likeness (QED) is 0.491. The first-order valence-corrected chi connectivity index (χ1v) is 10.1. The molecule has 0 spiro atoms. The summed E-state index contributed by atoms with van der Waals surface area (Å²) in [5.41, 5.74) is 5.05. The third kappa shape index (κ3) is 4.12. The summed E-state index contributed by atoms with van der Waals surface area (Å²) in [7, 11) is 0. The van der Waals surface area contributed by atoms with Crippen LogP contribution in [0.1, 0.15) is 27.2 Å². The molecule has 0 radical (unpaired) electrons. The second-order valence-corrected chi connectivity index (χ2v) is 7.85. The molecule has 4 rings (SSSR count). The van der Waals surface area contributed by atoms with Crippen LogP contribution < -0.4 is 5.32 Å². The standard InChI is InChI=1S/C23H20FN3OS/c1-15-5-6-16(2)20(12-15)27-21(13-19(26-27)22-4-3-11-29-22)23(28)25-14-17-7-9-18(24)10-8-17/h3-13H,14H2,1-2H3,(H,25,28). The predicted molar refractivity (Wildman–Crippen MR) is 114 cm³/mol. The molecule has 0 saturated heterocycles. The molecule has 0 saturated carbocycles. The normalized spacial score (nSPS) is 10.9. The van der Waals surface area contributed by atoms with Gasteiger partial charge in [-0.15, -0.1) is 11.3 Å². The van der Waals surface area contributed by atoms with Gasteiger partial charge in [0.05, 0.1) is 10.6 Å². The molecular weight excluding hydrogens is 385 g/mol. The summed E-state index contributed by atoms with van der Waals surface area (Å²) in [4.78, 5) is 14.0. The first-order chi connectivity index (χ1) is 14.0. The lowest BCUT2D eigenvalue weighted by atomic mass is 10.1. The Morgan fingerprint density at radius 2 is 1.90 bits per heavy atom. The van der Waals surface area contributed by atoms with E-state index in [0.29, 0.717) is 12.2 Å². The summed E-state index contributed by atoms with van der Waals surface area (Å²) in [6.45, 7) is 4.33. The highest BCUT2D eigenvalue weighted by atomic mass is 32.1. The molecule has 0 unspecified atom stereocenters. The number of nitrogens with one attached hydrogen (secondary N) is 1. The van der Waals surface area contributed by atoms with Crippen molar-refractivity contribution in [2.45, 2.75) is 20.4 Å². The van der Waals surface area contributed by atoms with Crippen molar-refractivity contribution < 1.29 is 9.18 Å². The molecule has 0 fully saturated rings. The number of carbonyl (C=O) groups is 1. The van der Waals surface area contributed by atoms with Crippen LogP contribution in [0.2, 0.25) is 0 Å². The van der Waals surface area contributed by atoms with Gasteiger partial charge in [-0.05, 0) is 66.2 Å². The van der Waals surface area contributed by atoms with Crippen LogP contribution >= 0.6 is 11.3 Å². The molecule has 0 aliphatic heterocycles. The largest absolute Gasteiger partial charge is 0.347 e. The maximum Gasteiger partial charge on any atom is 0.270 e. The second-order valence-electron chi connectivity index (χ2n) is 6.90. The lowest BCUT2D eigenvalue weighted by Gasteiger charge is -2.11. The van der Waals surface area contributed by atoms with Gasteiger partial charge in [0.1, 0.15) is 17.2 Å². The van der Waals surface area contributed by atoms with Crippen molar-refractivity contribution in [3.63, 3.8) is 0 Å². The summed E-state index contributed by atoms with van der Waals surface area (Å²) in [6, 6.07) is 17.9. The summed E-state index contributed by atoms with van der Waals surface area (Å²) >= 11 is 1.58. The van der Waals surface area contributed by atoms with Gasteiger partial charge in [0, 0.05) is 6.54 Å². The molecule has 4 nitrogen and oxygen atoms in total. The first kappa shape index (κ1) is 19.1. The molecule has 4 aromatic rings. The molecule has 29 heavy (non-hydrogen) atoms. The minimum Gasteiger partial charge on any atom is -0.347 e. The Kier molecular flexibility index (Phi) is 5.27. The van der Waals surface area contributed by atoms with E-state index in [2.05, 4.69) is 5.32 Å². The van der Waals surface area contributed by atoms with Crippen molar-refractivity contribution in [1.29, 1.82) is 0 Å². The Balaban J connectivity index is 1.69. The zero-order valence-electron chi connectivity index (χ0n) is 16.1. The number of hydrogen-bond donors (Lipinski definition) is 1. The van der Waals surface area contributed by atoms with Crippen molar-refractivity contribution in [2.24, 2.45) is 0 Å². The summed E-state index contributed by atoms with van der Waals surface area (Å²) in [6.07, 6.45) is 0. The smallest absolute Gasteiger partial charge is 0.270 e. The molecular formula is C23H20FN3OS. The van der Waals surface area contributed by atoms with Crippen molar-refractivity contribution in [1.82, 2.24) is 15.1 Å². The van der Waals surface area contributed by atoms with Gasteiger partial charge in [-0.25, -0.2) is 9.07 Å². The minimum absolute atomic E-state index is 0.231. The molecule has 6 heteroatoms. The van der Waals surface area contributed by atoms with E-state index in [1.807, 2.05) is 55.6 Å². The third-order valence-electron chi connectivity index (χ3n) is 4.67. The van der Waals surface area contributed by atoms with Crippen molar-refractivity contribution in [2.75, 3.05) is 0 Å². The van der Waals surface area contributed by atoms with E-state index >= 15 is 0 Å². The van der Waals surface area contributed by atoms with Gasteiger partial charge < -0.3 is 5.32 Å². The zero-order chi connectivity index (χ0) is 20.4. The molecule has 0 atom stereocenters. The van der Waals surface area contributed by atoms with E-state index in [-0.39, 0.29) is 11.7 Å². The van der Waals surface area contributed by atoms with Crippen molar-refractivity contribution >= 4 is 17.2 Å². The van der Waals surface area contributed by atoms with Gasteiger partial charge >= 0.3 is 0 Å². The molecule has 2 heterocycles. The second kappa shape index (κ2) is 8.01. The van der Waals surface area contributed by atoms with Crippen molar-refractivity contribution in [3.05, 3.63) is 94.2 Å². The SMILES string of the molecule is Cc1ccc(C)c(-n2nc(-c3cccs3)cc2C(=O)NCc2ccc(F)cc2)c1. The maximum atomic E-state index is 13.1. The monoisotopic (exact) mass is 405 g/mol. The molecule has 2 aromatic heterocycles. The van der Waals surface area contributed by atoms with Gasteiger partial charge in [-0.2, -0.15) is 5.10 Å². The molecule has 1 amide bonds. The number of halogens is 1. The van der Waals surface area contributed by atoms with E-state index in [9.17, 15) is 9.18 Å². The van der Waals surface area contributed by atoms with Crippen molar-refractivity contribution in [3.8, 4) is 16.3 Å². The number of nitrogens with zero attached hydrogens (tertiary/aromatic N) is 2. The van der Waals surface area contributed by atoms with Crippen LogP contribution in [0.5, 0.6) is 0 Å². The van der Waals surface area contributed by atoms with Gasteiger partial charge in [-0.3, -0.25) is 4.79 Å². The van der Waals surface area contributed by atoms with Gasteiger partial charge in [0.15, 0.2) is 0 Å². The van der Waals surface area contributed by atoms with E-state index in [1.165, 1.54) is 12.1 Å². The fourth-order valence-electron chi connectivity index (χ4n) is 3.09. The lowest BCUT2D eigenvalue weighted by Crippen LogP contribution is -2.25. The van der Waals surface area contributed by atoms with Crippen LogP contribution in [0.3, 0.4) is 0 Å². The Labute approximate surface area is 172 Å². The molecule has 0 aliphatic rings. The van der Waals surface area contributed by atoms with E-state index in [4.69, 9.17) is 5.10 Å². The summed E-state index contributed by atoms with van der Waals surface area (Å²) in [5, 5.41) is 9.63. The minimum atomic E-state index is -0.298. The highest BCUT2D eigenvalue weighted by Crippen LogP contribution is 2.27. The van der Waals surface area contributed by atoms with Crippen LogP contribution in [-0.4, -0.2) is 15.7 Å². The summed E-state index contributed by atoms with van der Waals surface area (Å²) in [5.74, 6) is -0.529. The fraction of sp³-hybridized carbons (Fsp3) is 0.130. The highest BCUT2D eigenvalue weighted by Gasteiger charge is 2.19. The maximum absolute atomic E-state index is 13.1. The Morgan fingerprint density at radius 3 is 2.62 bits per heavy atom. The van der Waals surface area contributed by atoms with Gasteiger partial charge in [0.2, 0.25) is 0 Å². The van der Waals surface area contributed by atoms with Crippen LogP contribution in [0.4, 0.5) is 4.39 Å². The van der Waals surface area contributed by atoms with E-state index < -0.39 is 0 Å². The topological polar surface area (TPSA) is 46.9 Å². The van der Waals surface area contributed by atoms with Crippen LogP contribution in [-0.2, 0) is 6.54 Å². The molecule has 2 aromatic carbocycles. The Hall–Kier alpha value is -3.25. The van der Waals surface area contributed by atoms with Crippen LogP contribution in [0.25, 0.3) is 16.3 Å². The zero-order valence-corrected chi connectivity index (χ0v) is 17.0. The number of benzene rings is 2. The summed E-state index contributed by atoms with van der Waals surface area (Å²) < 4.78 is 14.8. The average Bonchev–Trinajstić information content (AvgIpc) is 3.39. The van der Waals surface area contributed by atoms with Gasteiger partial charge in [-0.1, -0.05) is 30.3 Å². The number of rotatable bonds is 5. The number of carbonyl (C=O) groups excluding carboxylic acids is 1. The Morgan fingerprint density at radius 1 is 1.10 bits per heavy atom. The lowest BCUT2D eigenvalue weighted by molar-refractivity contribution is 0.0943. The number of thiophene rings is 1. The molecule has 0 aliphatic carbocycles. The van der Waals surface area contributed by atoms with Gasteiger partial charge in [0.25, 0.3) is 5.91 Å². The number of aromatic nitrogens is 2. The average molecular weight is 405 g/mol. The van der Waals surface area contributed by atoms with E-state index in [1.54, 1.807) is 28.2 Å². The van der Waals surface area contributed by atoms with E-state index in [0.717, 1.165) is 32.9 Å². The fourth-order valence-corrected chi connectivity index (χ4v) is 3.78. The molecule has 1 N–H and O–H groups in total. The van der Waals surface area contributed by atoms with Crippen LogP contribution in [0, 0.1) is 19.7 Å². The van der Waals surface area contributed by atoms with Crippen LogP contribution in [0.15, 0.2) is 66.0 Å². The molecule has 0 bridgehead atoms. The highest BCUT2D eigenvalue weighted by molar-refractivity contribution is 7.13. The third-order valence-corrected chi connectivity index (χ3v) is 5.57. The Bertz CT molecular complexity index is 1150. The number of amides is 1. The first-order valence-electron chi connectivity index (χ1n) is 9.25.